The van der Waals surface area contributed by atoms with Crippen LogP contribution >= 0.6 is 12.2 Å². The lowest BCUT2D eigenvalue weighted by atomic mass is 9.54. The van der Waals surface area contributed by atoms with Crippen LogP contribution in [-0.4, -0.2) is 41.3 Å². The predicted octanol–water partition coefficient (Wildman–Crippen LogP) is 1.85. The molecule has 1 heterocycles. The number of hydrogen-bond donors (Lipinski definition) is 1. The zero-order valence-corrected chi connectivity index (χ0v) is 12.0. The molecule has 0 radical (unpaired) electrons. The zero-order chi connectivity index (χ0) is 12.3. The molecule has 0 unspecified atom stereocenters. The van der Waals surface area contributed by atoms with E-state index in [2.05, 4.69) is 22.2 Å². The molecule has 3 nitrogen and oxygen atoms in total. The molecular formula is C14H23N3S. The van der Waals surface area contributed by atoms with Crippen LogP contribution in [0.2, 0.25) is 0 Å². The van der Waals surface area contributed by atoms with Crippen LogP contribution in [0.5, 0.6) is 0 Å². The summed E-state index contributed by atoms with van der Waals surface area (Å²) in [5.41, 5.74) is 0. The fourth-order valence-electron chi connectivity index (χ4n) is 5.38. The van der Waals surface area contributed by atoms with Crippen molar-refractivity contribution in [1.29, 1.82) is 0 Å². The average Bonchev–Trinajstić information content (AvgIpc) is 2.32. The highest BCUT2D eigenvalue weighted by atomic mass is 32.1. The van der Waals surface area contributed by atoms with Gasteiger partial charge in [-0.2, -0.15) is 0 Å². The van der Waals surface area contributed by atoms with Gasteiger partial charge in [0, 0.05) is 13.1 Å². The molecule has 5 fully saturated rings. The van der Waals surface area contributed by atoms with Gasteiger partial charge in [0.2, 0.25) is 0 Å². The molecule has 4 bridgehead atoms. The minimum atomic E-state index is 0.829. The lowest BCUT2D eigenvalue weighted by molar-refractivity contribution is -0.0781. The molecule has 4 saturated carbocycles. The Morgan fingerprint density at radius 2 is 1.67 bits per heavy atom. The van der Waals surface area contributed by atoms with Gasteiger partial charge in [0.1, 0.15) is 0 Å². The number of thiocarbonyl (C=S) groups is 1. The maximum absolute atomic E-state index is 5.30. The van der Waals surface area contributed by atoms with E-state index in [0.717, 1.165) is 48.2 Å². The minimum absolute atomic E-state index is 0.829. The van der Waals surface area contributed by atoms with Gasteiger partial charge in [-0.3, -0.25) is 4.90 Å². The van der Waals surface area contributed by atoms with Crippen molar-refractivity contribution in [1.82, 2.24) is 15.1 Å². The Bertz CT molecular complexity index is 342. The Balaban J connectivity index is 1.53. The predicted molar refractivity (Wildman–Crippen MR) is 75.9 cm³/mol. The van der Waals surface area contributed by atoms with Crippen molar-refractivity contribution in [3.05, 3.63) is 0 Å². The van der Waals surface area contributed by atoms with Crippen molar-refractivity contribution >= 4 is 17.3 Å². The Kier molecular flexibility index (Phi) is 2.60. The highest BCUT2D eigenvalue weighted by Crippen LogP contribution is 2.55. The molecule has 0 spiro atoms. The Morgan fingerprint density at radius 1 is 1.06 bits per heavy atom. The van der Waals surface area contributed by atoms with Crippen molar-refractivity contribution < 1.29 is 0 Å². The average molecular weight is 265 g/mol. The standard InChI is InChI=1S/C14H23N3S/c1-16-8-17(7-15-14(16)18)13-11-3-9-2-10(5-11)6-12(13)4-9/h9-13H,2-8H2,1H3,(H,15,18). The second kappa shape index (κ2) is 4.07. The van der Waals surface area contributed by atoms with Crippen molar-refractivity contribution in [3.8, 4) is 0 Å². The smallest absolute Gasteiger partial charge is 0.170 e. The van der Waals surface area contributed by atoms with Gasteiger partial charge in [0.15, 0.2) is 5.11 Å². The topological polar surface area (TPSA) is 18.5 Å². The van der Waals surface area contributed by atoms with Gasteiger partial charge in [0.25, 0.3) is 0 Å². The quantitative estimate of drug-likeness (QED) is 0.729. The first-order valence-electron chi connectivity index (χ1n) is 7.43. The van der Waals surface area contributed by atoms with E-state index in [-0.39, 0.29) is 0 Å². The third kappa shape index (κ3) is 1.68. The molecule has 100 valence electrons. The van der Waals surface area contributed by atoms with Gasteiger partial charge in [-0.15, -0.1) is 0 Å². The summed E-state index contributed by atoms with van der Waals surface area (Å²) in [5.74, 6) is 4.09. The zero-order valence-electron chi connectivity index (χ0n) is 11.1. The summed E-state index contributed by atoms with van der Waals surface area (Å²) in [5, 5.41) is 4.29. The summed E-state index contributed by atoms with van der Waals surface area (Å²) in [6.45, 7) is 2.00. The SMILES string of the molecule is CN1CN(C2C3CC4CC(C3)CC2C4)CNC1=S. The monoisotopic (exact) mass is 265 g/mol. The molecule has 1 aliphatic heterocycles. The van der Waals surface area contributed by atoms with Crippen molar-refractivity contribution in [2.24, 2.45) is 23.7 Å². The van der Waals surface area contributed by atoms with Crippen LogP contribution in [0, 0.1) is 23.7 Å². The first-order chi connectivity index (χ1) is 8.70. The number of nitrogens with zero attached hydrogens (tertiary/aromatic N) is 2. The van der Waals surface area contributed by atoms with Crippen molar-refractivity contribution in [2.45, 2.75) is 38.1 Å². The van der Waals surface area contributed by atoms with Gasteiger partial charge >= 0.3 is 0 Å². The summed E-state index contributed by atoms with van der Waals surface area (Å²) >= 11 is 5.30. The molecule has 4 aliphatic carbocycles. The third-order valence-electron chi connectivity index (χ3n) is 5.77. The third-order valence-corrected chi connectivity index (χ3v) is 6.23. The van der Waals surface area contributed by atoms with Crippen LogP contribution in [0.25, 0.3) is 0 Å². The maximum Gasteiger partial charge on any atom is 0.170 e. The first kappa shape index (κ1) is 11.5. The van der Waals surface area contributed by atoms with E-state index in [1.54, 1.807) is 6.42 Å². The Morgan fingerprint density at radius 3 is 2.22 bits per heavy atom. The van der Waals surface area contributed by atoms with Crippen LogP contribution in [0.1, 0.15) is 32.1 Å². The Hall–Kier alpha value is -0.350. The minimum Gasteiger partial charge on any atom is -0.350 e. The van der Waals surface area contributed by atoms with Crippen LogP contribution < -0.4 is 5.32 Å². The van der Waals surface area contributed by atoms with Crippen LogP contribution in [0.15, 0.2) is 0 Å². The van der Waals surface area contributed by atoms with E-state index in [4.69, 9.17) is 12.2 Å². The molecule has 4 heteroatoms. The van der Waals surface area contributed by atoms with Gasteiger partial charge in [0.05, 0.1) is 13.3 Å². The summed E-state index contributed by atoms with van der Waals surface area (Å²) in [4.78, 5) is 4.84. The molecule has 0 aromatic heterocycles. The second-order valence-electron chi connectivity index (χ2n) is 6.99. The van der Waals surface area contributed by atoms with Crippen LogP contribution in [-0.2, 0) is 0 Å². The lowest BCUT2D eigenvalue weighted by Gasteiger charge is -2.58. The van der Waals surface area contributed by atoms with Crippen molar-refractivity contribution in [3.63, 3.8) is 0 Å². The maximum atomic E-state index is 5.30. The fraction of sp³-hybridized carbons (Fsp3) is 0.929. The normalized spacial score (nSPS) is 47.5. The highest BCUT2D eigenvalue weighted by molar-refractivity contribution is 7.80. The van der Waals surface area contributed by atoms with Crippen molar-refractivity contribution in [2.75, 3.05) is 20.4 Å². The molecule has 0 atom stereocenters. The van der Waals surface area contributed by atoms with E-state index >= 15 is 0 Å². The van der Waals surface area contributed by atoms with Gasteiger partial charge < -0.3 is 10.2 Å². The fourth-order valence-corrected chi connectivity index (χ4v) is 5.51. The molecular weight excluding hydrogens is 242 g/mol. The molecule has 1 saturated heterocycles. The van der Waals surface area contributed by atoms with E-state index in [1.165, 1.54) is 25.7 Å². The molecule has 0 amide bonds. The number of nitrogens with one attached hydrogen (secondary N) is 1. The molecule has 18 heavy (non-hydrogen) atoms. The summed E-state index contributed by atoms with van der Waals surface area (Å²) in [6.07, 6.45) is 7.55. The molecule has 5 aliphatic rings. The molecule has 0 aromatic rings. The Labute approximate surface area is 115 Å². The van der Waals surface area contributed by atoms with Gasteiger partial charge in [-0.1, -0.05) is 0 Å². The van der Waals surface area contributed by atoms with E-state index in [9.17, 15) is 0 Å². The van der Waals surface area contributed by atoms with Gasteiger partial charge in [-0.25, -0.2) is 0 Å². The molecule has 0 aromatic carbocycles. The highest BCUT2D eigenvalue weighted by Gasteiger charge is 2.50. The van der Waals surface area contributed by atoms with Crippen LogP contribution in [0.3, 0.4) is 0 Å². The van der Waals surface area contributed by atoms with E-state index in [1.807, 2.05) is 0 Å². The lowest BCUT2D eigenvalue weighted by Crippen LogP contribution is -2.63. The van der Waals surface area contributed by atoms with E-state index in [0.29, 0.717) is 0 Å². The summed E-state index contributed by atoms with van der Waals surface area (Å²) in [6, 6.07) is 0.829. The van der Waals surface area contributed by atoms with Gasteiger partial charge in [-0.05, 0) is 68.0 Å². The van der Waals surface area contributed by atoms with Crippen LogP contribution in [0.4, 0.5) is 0 Å². The van der Waals surface area contributed by atoms with E-state index < -0.39 is 0 Å². The largest absolute Gasteiger partial charge is 0.350 e. The summed E-state index contributed by atoms with van der Waals surface area (Å²) in [7, 11) is 2.11. The number of rotatable bonds is 1. The summed E-state index contributed by atoms with van der Waals surface area (Å²) < 4.78 is 0. The second-order valence-corrected chi connectivity index (χ2v) is 7.38. The first-order valence-corrected chi connectivity index (χ1v) is 7.84. The number of hydrogen-bond acceptors (Lipinski definition) is 2. The molecule has 5 rings (SSSR count). The molecule has 1 N–H and O–H groups in total.